The van der Waals surface area contributed by atoms with E-state index in [2.05, 4.69) is 22.1 Å². The van der Waals surface area contributed by atoms with Gasteiger partial charge in [0.15, 0.2) is 0 Å². The molecule has 0 saturated carbocycles. The molecular weight excluding hydrogens is 314 g/mol. The number of nitrogens with zero attached hydrogens (tertiary/aromatic N) is 2. The zero-order valence-electron chi connectivity index (χ0n) is 13.8. The Morgan fingerprint density at radius 3 is 3.13 bits per heavy atom. The first-order chi connectivity index (χ1) is 11.2. The highest BCUT2D eigenvalue weighted by atomic mass is 35.5. The maximum atomic E-state index is 12.4. The van der Waals surface area contributed by atoms with Crippen molar-refractivity contribution in [1.29, 1.82) is 0 Å². The molecule has 0 unspecified atom stereocenters. The molecular formula is C17H26ClN3O2. The number of nitrogens with one attached hydrogen (secondary N) is 1. The predicted octanol–water partition coefficient (Wildman–Crippen LogP) is 2.88. The average molecular weight is 340 g/mol. The van der Waals surface area contributed by atoms with Crippen molar-refractivity contribution in [2.75, 3.05) is 26.2 Å². The number of carbonyl (C=O) groups excluding carboxylic acids is 1. The third-order valence-corrected chi connectivity index (χ3v) is 4.27. The average Bonchev–Trinajstić information content (AvgIpc) is 2.57. The Morgan fingerprint density at radius 1 is 1.48 bits per heavy atom. The number of ether oxygens (including phenoxy) is 1. The van der Waals surface area contributed by atoms with Crippen LogP contribution in [0.4, 0.5) is 0 Å². The lowest BCUT2D eigenvalue weighted by molar-refractivity contribution is -0.127. The summed E-state index contributed by atoms with van der Waals surface area (Å²) in [6.07, 6.45) is 8.75. The van der Waals surface area contributed by atoms with Crippen molar-refractivity contribution in [2.45, 2.75) is 45.1 Å². The third kappa shape index (κ3) is 5.99. The molecule has 2 rings (SSSR count). The number of likely N-dealkylation sites (tertiary alicyclic amines) is 1. The Labute approximate surface area is 143 Å². The lowest BCUT2D eigenvalue weighted by Gasteiger charge is -2.34. The molecule has 128 valence electrons. The maximum Gasteiger partial charge on any atom is 0.237 e. The van der Waals surface area contributed by atoms with Crippen molar-refractivity contribution in [1.82, 2.24) is 15.2 Å². The van der Waals surface area contributed by atoms with Gasteiger partial charge in [0.2, 0.25) is 5.91 Å². The number of aromatic nitrogens is 1. The summed E-state index contributed by atoms with van der Waals surface area (Å²) in [7, 11) is 0. The van der Waals surface area contributed by atoms with Gasteiger partial charge in [-0.2, -0.15) is 0 Å². The number of amides is 1. The Morgan fingerprint density at radius 2 is 2.35 bits per heavy atom. The fourth-order valence-electron chi connectivity index (χ4n) is 2.85. The topological polar surface area (TPSA) is 54.5 Å². The largest absolute Gasteiger partial charge is 0.490 e. The van der Waals surface area contributed by atoms with Gasteiger partial charge in [-0.3, -0.25) is 14.7 Å². The Hall–Kier alpha value is -1.33. The van der Waals surface area contributed by atoms with Crippen molar-refractivity contribution in [3.63, 3.8) is 0 Å². The normalized spacial score (nSPS) is 18.6. The van der Waals surface area contributed by atoms with Gasteiger partial charge < -0.3 is 10.1 Å². The fourth-order valence-corrected chi connectivity index (χ4v) is 3.01. The van der Waals surface area contributed by atoms with E-state index in [9.17, 15) is 4.79 Å². The standard InChI is InChI=1S/C17H26ClN3O2/c1-2-3-8-21-9-5-4-6-16(21)17(22)20-7-10-23-15-11-14(18)12-19-13-15/h11-13,16H,2-10H2,1H3,(H,20,22)/t16-/m0/s1. The number of hydrogen-bond donors (Lipinski definition) is 1. The van der Waals surface area contributed by atoms with E-state index in [4.69, 9.17) is 16.3 Å². The summed E-state index contributed by atoms with van der Waals surface area (Å²) in [5, 5.41) is 3.53. The first-order valence-corrected chi connectivity index (χ1v) is 8.83. The minimum Gasteiger partial charge on any atom is -0.490 e. The van der Waals surface area contributed by atoms with Gasteiger partial charge in [-0.15, -0.1) is 0 Å². The number of halogens is 1. The fraction of sp³-hybridized carbons (Fsp3) is 0.647. The van der Waals surface area contributed by atoms with Gasteiger partial charge >= 0.3 is 0 Å². The number of unbranched alkanes of at least 4 members (excludes halogenated alkanes) is 1. The smallest absolute Gasteiger partial charge is 0.237 e. The molecule has 5 nitrogen and oxygen atoms in total. The molecule has 1 aromatic heterocycles. The number of pyridine rings is 1. The van der Waals surface area contributed by atoms with Crippen LogP contribution in [0.1, 0.15) is 39.0 Å². The molecule has 2 heterocycles. The van der Waals surface area contributed by atoms with Crippen LogP contribution < -0.4 is 10.1 Å². The van der Waals surface area contributed by atoms with Crippen LogP contribution in [-0.2, 0) is 4.79 Å². The van der Waals surface area contributed by atoms with Crippen LogP contribution in [0.5, 0.6) is 5.75 Å². The molecule has 1 atom stereocenters. The molecule has 0 spiro atoms. The van der Waals surface area contributed by atoms with Crippen LogP contribution in [-0.4, -0.2) is 48.1 Å². The minimum atomic E-state index is 0.0168. The summed E-state index contributed by atoms with van der Waals surface area (Å²) in [5.41, 5.74) is 0. The van der Waals surface area contributed by atoms with Gasteiger partial charge in [0.1, 0.15) is 12.4 Å². The summed E-state index contributed by atoms with van der Waals surface area (Å²) in [5.74, 6) is 0.739. The molecule has 1 fully saturated rings. The molecule has 0 bridgehead atoms. The highest BCUT2D eigenvalue weighted by molar-refractivity contribution is 6.30. The zero-order valence-corrected chi connectivity index (χ0v) is 14.5. The molecule has 6 heteroatoms. The zero-order chi connectivity index (χ0) is 16.5. The number of rotatable bonds is 8. The first kappa shape index (κ1) is 18.0. The molecule has 1 amide bonds. The van der Waals surface area contributed by atoms with E-state index in [1.807, 2.05) is 0 Å². The van der Waals surface area contributed by atoms with E-state index in [1.165, 1.54) is 6.42 Å². The molecule has 0 aromatic carbocycles. The van der Waals surface area contributed by atoms with Crippen molar-refractivity contribution in [3.05, 3.63) is 23.5 Å². The van der Waals surface area contributed by atoms with Gasteiger partial charge in [-0.05, 0) is 32.4 Å². The molecule has 0 radical (unpaired) electrons. The summed E-state index contributed by atoms with van der Waals surface area (Å²) in [6, 6.07) is 1.73. The van der Waals surface area contributed by atoms with Gasteiger partial charge in [-0.25, -0.2) is 0 Å². The molecule has 23 heavy (non-hydrogen) atoms. The van der Waals surface area contributed by atoms with Gasteiger partial charge in [0.05, 0.1) is 23.8 Å². The van der Waals surface area contributed by atoms with Gasteiger partial charge in [0, 0.05) is 12.3 Å². The Balaban J connectivity index is 1.72. The number of piperidine rings is 1. The molecule has 1 saturated heterocycles. The molecule has 1 aliphatic rings. The summed E-state index contributed by atoms with van der Waals surface area (Å²) >= 11 is 5.85. The predicted molar refractivity (Wildman–Crippen MR) is 91.9 cm³/mol. The molecule has 1 N–H and O–H groups in total. The summed E-state index contributed by atoms with van der Waals surface area (Å²) in [4.78, 5) is 18.7. The van der Waals surface area contributed by atoms with E-state index in [-0.39, 0.29) is 11.9 Å². The van der Waals surface area contributed by atoms with Crippen LogP contribution >= 0.6 is 11.6 Å². The maximum absolute atomic E-state index is 12.4. The third-order valence-electron chi connectivity index (χ3n) is 4.07. The molecule has 0 aliphatic carbocycles. The van der Waals surface area contributed by atoms with E-state index in [0.717, 1.165) is 38.8 Å². The minimum absolute atomic E-state index is 0.0168. The highest BCUT2D eigenvalue weighted by Gasteiger charge is 2.27. The summed E-state index contributed by atoms with van der Waals surface area (Å²) < 4.78 is 5.54. The van der Waals surface area contributed by atoms with Crippen LogP contribution in [0.25, 0.3) is 0 Å². The molecule has 1 aliphatic heterocycles. The SMILES string of the molecule is CCCCN1CCCC[C@H]1C(=O)NCCOc1cncc(Cl)c1. The Kier molecular flexibility index (Phi) is 7.62. The van der Waals surface area contributed by atoms with E-state index >= 15 is 0 Å². The monoisotopic (exact) mass is 339 g/mol. The van der Waals surface area contributed by atoms with Crippen LogP contribution in [0, 0.1) is 0 Å². The second-order valence-corrected chi connectivity index (χ2v) is 6.32. The second kappa shape index (κ2) is 9.73. The first-order valence-electron chi connectivity index (χ1n) is 8.46. The van der Waals surface area contributed by atoms with Crippen LogP contribution in [0.3, 0.4) is 0 Å². The Bertz CT molecular complexity index is 498. The van der Waals surface area contributed by atoms with Crippen molar-refractivity contribution >= 4 is 17.5 Å². The molecule has 1 aromatic rings. The lowest BCUT2D eigenvalue weighted by Crippen LogP contribution is -2.50. The van der Waals surface area contributed by atoms with Crippen LogP contribution in [0.2, 0.25) is 5.02 Å². The van der Waals surface area contributed by atoms with E-state index in [1.54, 1.807) is 18.5 Å². The number of carbonyl (C=O) groups is 1. The quantitative estimate of drug-likeness (QED) is 0.740. The van der Waals surface area contributed by atoms with E-state index < -0.39 is 0 Å². The van der Waals surface area contributed by atoms with E-state index in [0.29, 0.717) is 23.9 Å². The van der Waals surface area contributed by atoms with Crippen LogP contribution in [0.15, 0.2) is 18.5 Å². The number of hydrogen-bond acceptors (Lipinski definition) is 4. The van der Waals surface area contributed by atoms with Gasteiger partial charge in [0.25, 0.3) is 0 Å². The highest BCUT2D eigenvalue weighted by Crippen LogP contribution is 2.18. The van der Waals surface area contributed by atoms with Crippen molar-refractivity contribution in [2.24, 2.45) is 0 Å². The lowest BCUT2D eigenvalue weighted by atomic mass is 10.0. The van der Waals surface area contributed by atoms with Gasteiger partial charge in [-0.1, -0.05) is 31.4 Å². The second-order valence-electron chi connectivity index (χ2n) is 5.88. The summed E-state index contributed by atoms with van der Waals surface area (Å²) in [6.45, 7) is 5.13. The van der Waals surface area contributed by atoms with Crippen molar-refractivity contribution in [3.8, 4) is 5.75 Å². The van der Waals surface area contributed by atoms with Crippen molar-refractivity contribution < 1.29 is 9.53 Å².